The summed E-state index contributed by atoms with van der Waals surface area (Å²) in [6.07, 6.45) is -0.858. The Balaban J connectivity index is 2.10. The lowest BCUT2D eigenvalue weighted by atomic mass is 10.2. The maximum Gasteiger partial charge on any atom is 0.411 e. The van der Waals surface area contributed by atoms with E-state index < -0.39 is 29.8 Å². The van der Waals surface area contributed by atoms with Crippen molar-refractivity contribution in [1.29, 1.82) is 0 Å². The van der Waals surface area contributed by atoms with Crippen LogP contribution >= 0.6 is 11.6 Å². The van der Waals surface area contributed by atoms with Crippen molar-refractivity contribution in [2.75, 3.05) is 6.54 Å². The van der Waals surface area contributed by atoms with Crippen LogP contribution in [-0.2, 0) is 9.53 Å². The molecule has 24 heavy (non-hydrogen) atoms. The van der Waals surface area contributed by atoms with Crippen LogP contribution in [0.15, 0.2) is 18.2 Å². The molecule has 2 rings (SSSR count). The first-order valence-electron chi connectivity index (χ1n) is 7.72. The Kier molecular flexibility index (Phi) is 5.28. The van der Waals surface area contributed by atoms with Crippen molar-refractivity contribution < 1.29 is 24.2 Å². The SMILES string of the molecule is Cc1cc(O[C@@H]2C[C@H](C(=O)O)N(C(=O)OC(C)(C)C)C2)ccc1Cl. The van der Waals surface area contributed by atoms with E-state index in [4.69, 9.17) is 21.1 Å². The van der Waals surface area contributed by atoms with Gasteiger partial charge in [0.25, 0.3) is 0 Å². The molecule has 1 aliphatic rings. The van der Waals surface area contributed by atoms with E-state index in [1.165, 1.54) is 4.90 Å². The number of likely N-dealkylation sites (tertiary alicyclic amines) is 1. The van der Waals surface area contributed by atoms with Crippen LogP contribution < -0.4 is 4.74 Å². The van der Waals surface area contributed by atoms with Gasteiger partial charge in [-0.25, -0.2) is 9.59 Å². The number of halogens is 1. The van der Waals surface area contributed by atoms with Gasteiger partial charge in [0.05, 0.1) is 6.54 Å². The Morgan fingerprint density at radius 2 is 2.00 bits per heavy atom. The first-order valence-corrected chi connectivity index (χ1v) is 8.10. The van der Waals surface area contributed by atoms with Crippen molar-refractivity contribution in [3.63, 3.8) is 0 Å². The van der Waals surface area contributed by atoms with Crippen molar-refractivity contribution in [2.45, 2.75) is 51.9 Å². The number of carbonyl (C=O) groups is 2. The Labute approximate surface area is 146 Å². The number of aliphatic carboxylic acids is 1. The zero-order valence-corrected chi connectivity index (χ0v) is 15.0. The molecule has 0 bridgehead atoms. The third-order valence-electron chi connectivity index (χ3n) is 3.61. The number of carboxylic acids is 1. The number of ether oxygens (including phenoxy) is 2. The molecule has 1 saturated heterocycles. The number of carboxylic acid groups (broad SMARTS) is 1. The van der Waals surface area contributed by atoms with Crippen molar-refractivity contribution in [2.24, 2.45) is 0 Å². The fourth-order valence-corrected chi connectivity index (χ4v) is 2.64. The molecule has 6 nitrogen and oxygen atoms in total. The molecule has 0 saturated carbocycles. The molecule has 1 amide bonds. The third-order valence-corrected chi connectivity index (χ3v) is 4.03. The van der Waals surface area contributed by atoms with Crippen LogP contribution in [0.5, 0.6) is 5.75 Å². The lowest BCUT2D eigenvalue weighted by Gasteiger charge is -2.26. The van der Waals surface area contributed by atoms with Gasteiger partial charge in [-0.15, -0.1) is 0 Å². The summed E-state index contributed by atoms with van der Waals surface area (Å²) in [7, 11) is 0. The minimum Gasteiger partial charge on any atom is -0.488 e. The number of hydrogen-bond donors (Lipinski definition) is 1. The zero-order valence-electron chi connectivity index (χ0n) is 14.2. The second-order valence-corrected chi connectivity index (χ2v) is 7.28. The van der Waals surface area contributed by atoms with Crippen molar-refractivity contribution >= 4 is 23.7 Å². The molecule has 0 spiro atoms. The molecule has 1 fully saturated rings. The second kappa shape index (κ2) is 6.89. The molecule has 132 valence electrons. The molecule has 1 aliphatic heterocycles. The fraction of sp³-hybridized carbons (Fsp3) is 0.529. The molecular formula is C17H22ClNO5. The van der Waals surface area contributed by atoms with Gasteiger partial charge in [0.1, 0.15) is 23.5 Å². The lowest BCUT2D eigenvalue weighted by molar-refractivity contribution is -0.142. The summed E-state index contributed by atoms with van der Waals surface area (Å²) in [6, 6.07) is 4.27. The normalized spacial score (nSPS) is 20.8. The van der Waals surface area contributed by atoms with E-state index >= 15 is 0 Å². The summed E-state index contributed by atoms with van der Waals surface area (Å²) >= 11 is 5.99. The third kappa shape index (κ3) is 4.54. The Morgan fingerprint density at radius 1 is 1.33 bits per heavy atom. The predicted molar refractivity (Wildman–Crippen MR) is 89.6 cm³/mol. The minimum atomic E-state index is -1.07. The molecule has 0 radical (unpaired) electrons. The average molecular weight is 356 g/mol. The number of nitrogens with zero attached hydrogens (tertiary/aromatic N) is 1. The van der Waals surface area contributed by atoms with E-state index in [0.717, 1.165) is 5.56 Å². The number of amides is 1. The maximum atomic E-state index is 12.2. The van der Waals surface area contributed by atoms with Gasteiger partial charge in [0.2, 0.25) is 0 Å². The Bertz CT molecular complexity index is 640. The van der Waals surface area contributed by atoms with Gasteiger partial charge in [-0.2, -0.15) is 0 Å². The quantitative estimate of drug-likeness (QED) is 0.898. The number of hydrogen-bond acceptors (Lipinski definition) is 4. The van der Waals surface area contributed by atoms with Crippen LogP contribution in [0.2, 0.25) is 5.02 Å². The number of benzene rings is 1. The molecule has 7 heteroatoms. The number of aryl methyl sites for hydroxylation is 1. The highest BCUT2D eigenvalue weighted by atomic mass is 35.5. The fourth-order valence-electron chi connectivity index (χ4n) is 2.52. The second-order valence-electron chi connectivity index (χ2n) is 6.87. The molecule has 0 aromatic heterocycles. The van der Waals surface area contributed by atoms with Crippen LogP contribution in [0.25, 0.3) is 0 Å². The molecule has 1 aromatic rings. The van der Waals surface area contributed by atoms with E-state index in [9.17, 15) is 14.7 Å². The predicted octanol–water partition coefficient (Wildman–Crippen LogP) is 3.49. The smallest absolute Gasteiger partial charge is 0.411 e. The van der Waals surface area contributed by atoms with Crippen LogP contribution in [-0.4, -0.2) is 46.4 Å². The lowest BCUT2D eigenvalue weighted by Crippen LogP contribution is -2.43. The van der Waals surface area contributed by atoms with Crippen LogP contribution in [0, 0.1) is 6.92 Å². The van der Waals surface area contributed by atoms with E-state index in [2.05, 4.69) is 0 Å². The van der Waals surface area contributed by atoms with E-state index in [1.54, 1.807) is 39.0 Å². The highest BCUT2D eigenvalue weighted by molar-refractivity contribution is 6.31. The summed E-state index contributed by atoms with van der Waals surface area (Å²) in [5, 5.41) is 10.0. The molecule has 0 aliphatic carbocycles. The van der Waals surface area contributed by atoms with E-state index in [1.807, 2.05) is 6.92 Å². The first kappa shape index (κ1) is 18.4. The van der Waals surface area contributed by atoms with Gasteiger partial charge in [0, 0.05) is 11.4 Å². The summed E-state index contributed by atoms with van der Waals surface area (Å²) in [5.74, 6) is -0.476. The summed E-state index contributed by atoms with van der Waals surface area (Å²) < 4.78 is 11.1. The van der Waals surface area contributed by atoms with E-state index in [-0.39, 0.29) is 13.0 Å². The van der Waals surface area contributed by atoms with Crippen molar-refractivity contribution in [3.05, 3.63) is 28.8 Å². The molecule has 0 unspecified atom stereocenters. The zero-order chi connectivity index (χ0) is 18.1. The van der Waals surface area contributed by atoms with Crippen molar-refractivity contribution in [1.82, 2.24) is 4.90 Å². The van der Waals surface area contributed by atoms with Crippen molar-refractivity contribution in [3.8, 4) is 5.75 Å². The number of rotatable bonds is 3. The Hall–Kier alpha value is -1.95. The van der Waals surface area contributed by atoms with Gasteiger partial charge >= 0.3 is 12.1 Å². The van der Waals surface area contributed by atoms with Crippen LogP contribution in [0.3, 0.4) is 0 Å². The Morgan fingerprint density at radius 3 is 2.54 bits per heavy atom. The summed E-state index contributed by atoms with van der Waals surface area (Å²) in [4.78, 5) is 24.9. The van der Waals surface area contributed by atoms with Gasteiger partial charge in [0.15, 0.2) is 0 Å². The molecular weight excluding hydrogens is 334 g/mol. The monoisotopic (exact) mass is 355 g/mol. The largest absolute Gasteiger partial charge is 0.488 e. The van der Waals surface area contributed by atoms with Crippen LogP contribution in [0.4, 0.5) is 4.79 Å². The molecule has 2 atom stereocenters. The van der Waals surface area contributed by atoms with Crippen LogP contribution in [0.1, 0.15) is 32.8 Å². The van der Waals surface area contributed by atoms with E-state index in [0.29, 0.717) is 10.8 Å². The molecule has 1 N–H and O–H groups in total. The molecule has 1 heterocycles. The average Bonchev–Trinajstić information content (AvgIpc) is 2.85. The topological polar surface area (TPSA) is 76.1 Å². The highest BCUT2D eigenvalue weighted by Gasteiger charge is 2.42. The maximum absolute atomic E-state index is 12.2. The van der Waals surface area contributed by atoms with Gasteiger partial charge < -0.3 is 14.6 Å². The number of carbonyl (C=O) groups excluding carboxylic acids is 1. The first-order chi connectivity index (χ1) is 11.1. The highest BCUT2D eigenvalue weighted by Crippen LogP contribution is 2.27. The van der Waals surface area contributed by atoms with Gasteiger partial charge in [-0.3, -0.25) is 4.90 Å². The van der Waals surface area contributed by atoms with Gasteiger partial charge in [-0.1, -0.05) is 11.6 Å². The summed E-state index contributed by atoms with van der Waals surface area (Å²) in [5.41, 5.74) is 0.178. The summed E-state index contributed by atoms with van der Waals surface area (Å²) in [6.45, 7) is 7.23. The minimum absolute atomic E-state index is 0.160. The van der Waals surface area contributed by atoms with Gasteiger partial charge in [-0.05, 0) is 51.5 Å². The molecule has 1 aromatic carbocycles. The standard InChI is InChI=1S/C17H22ClNO5/c1-10-7-11(5-6-13(10)18)23-12-8-14(15(20)21)19(9-12)16(22)24-17(2,3)4/h5-7,12,14H,8-9H2,1-4H3,(H,20,21)/t12-,14-/m1/s1.